The van der Waals surface area contributed by atoms with Crippen LogP contribution >= 0.6 is 0 Å². The zero-order valence-corrected chi connectivity index (χ0v) is 22.7. The maximum atomic E-state index is 13.7. The number of nitrogens with two attached hydrogens (primary N) is 1. The number of phenolic OH excluding ortho intramolecular Hbond substituents is 1. The number of primary amides is 1. The molecule has 7 N–H and O–H groups in total. The molecular formula is C31H34N2O7. The van der Waals surface area contributed by atoms with Crippen LogP contribution in [0.15, 0.2) is 47.2 Å². The molecule has 9 heteroatoms. The van der Waals surface area contributed by atoms with E-state index in [0.29, 0.717) is 18.0 Å². The number of ketones is 2. The van der Waals surface area contributed by atoms with Crippen molar-refractivity contribution in [1.82, 2.24) is 5.32 Å². The average Bonchev–Trinajstić information content (AvgIpc) is 2.87. The molecule has 0 aromatic heterocycles. The third-order valence-electron chi connectivity index (χ3n) is 8.42. The highest BCUT2D eigenvalue weighted by Crippen LogP contribution is 2.53. The van der Waals surface area contributed by atoms with Crippen LogP contribution < -0.4 is 11.1 Å². The van der Waals surface area contributed by atoms with Crippen molar-refractivity contribution in [3.8, 4) is 16.9 Å². The van der Waals surface area contributed by atoms with Gasteiger partial charge in [-0.3, -0.25) is 14.4 Å². The first kappa shape index (κ1) is 27.6. The number of carbonyl (C=O) groups is 3. The minimum absolute atomic E-state index is 0.0902. The summed E-state index contributed by atoms with van der Waals surface area (Å²) in [5, 5.41) is 47.8. The predicted molar refractivity (Wildman–Crippen MR) is 148 cm³/mol. The van der Waals surface area contributed by atoms with Crippen LogP contribution in [0.4, 0.5) is 0 Å². The molecule has 3 aliphatic rings. The molecule has 1 fully saturated rings. The summed E-state index contributed by atoms with van der Waals surface area (Å²) in [6.45, 7) is 7.80. The van der Waals surface area contributed by atoms with E-state index < -0.39 is 52.0 Å². The van der Waals surface area contributed by atoms with Crippen molar-refractivity contribution in [3.63, 3.8) is 0 Å². The molecule has 3 atom stereocenters. The van der Waals surface area contributed by atoms with E-state index in [1.807, 2.05) is 13.0 Å². The molecule has 2 aromatic rings. The zero-order valence-electron chi connectivity index (χ0n) is 22.7. The number of fused-ring (bicyclic) bond motifs is 3. The van der Waals surface area contributed by atoms with Gasteiger partial charge in [0, 0.05) is 24.5 Å². The monoisotopic (exact) mass is 546 g/mol. The number of aliphatic hydroxyl groups excluding tert-OH is 2. The average molecular weight is 547 g/mol. The first-order valence-corrected chi connectivity index (χ1v) is 13.5. The number of hydrogen-bond acceptors (Lipinski definition) is 8. The second kappa shape index (κ2) is 9.91. The Labute approximate surface area is 232 Å². The summed E-state index contributed by atoms with van der Waals surface area (Å²) in [6.07, 6.45) is 0.00292. The Morgan fingerprint density at radius 2 is 1.82 bits per heavy atom. The SMILES string of the molecule is Cc1ccc(CNCC(C)C)cc1-c1ccc(O)c2c1C[C@H]1CC3CC(=O)C(C(N)=O)=C(O)[C@@]3(O)C(=O)C1=C2O. The Kier molecular flexibility index (Phi) is 6.84. The summed E-state index contributed by atoms with van der Waals surface area (Å²) in [4.78, 5) is 38.1. The molecule has 1 unspecified atom stereocenters. The minimum Gasteiger partial charge on any atom is -0.508 e. The van der Waals surface area contributed by atoms with Crippen molar-refractivity contribution >= 4 is 23.2 Å². The lowest BCUT2D eigenvalue weighted by molar-refractivity contribution is -0.147. The maximum Gasteiger partial charge on any atom is 0.255 e. The van der Waals surface area contributed by atoms with Gasteiger partial charge in [-0.2, -0.15) is 0 Å². The van der Waals surface area contributed by atoms with Gasteiger partial charge in [0.1, 0.15) is 22.8 Å². The fourth-order valence-electron chi connectivity index (χ4n) is 6.45. The number of rotatable bonds is 6. The van der Waals surface area contributed by atoms with Crippen LogP contribution in [0.25, 0.3) is 16.9 Å². The number of amides is 1. The van der Waals surface area contributed by atoms with Crippen molar-refractivity contribution in [2.45, 2.75) is 52.2 Å². The van der Waals surface area contributed by atoms with Gasteiger partial charge in [0.05, 0.1) is 5.56 Å². The van der Waals surface area contributed by atoms with E-state index in [1.54, 1.807) is 6.07 Å². The fourth-order valence-corrected chi connectivity index (χ4v) is 6.45. The Bertz CT molecular complexity index is 1520. The highest BCUT2D eigenvalue weighted by atomic mass is 16.3. The third kappa shape index (κ3) is 4.20. The van der Waals surface area contributed by atoms with Gasteiger partial charge in [0.2, 0.25) is 5.78 Å². The van der Waals surface area contributed by atoms with Gasteiger partial charge in [-0.05, 0) is 78.1 Å². The van der Waals surface area contributed by atoms with Gasteiger partial charge in [-0.1, -0.05) is 32.0 Å². The van der Waals surface area contributed by atoms with Crippen molar-refractivity contribution in [3.05, 3.63) is 69.5 Å². The molecule has 0 saturated heterocycles. The van der Waals surface area contributed by atoms with Gasteiger partial charge >= 0.3 is 0 Å². The van der Waals surface area contributed by atoms with Crippen LogP contribution in [0.1, 0.15) is 48.9 Å². The Morgan fingerprint density at radius 1 is 1.10 bits per heavy atom. The van der Waals surface area contributed by atoms with Gasteiger partial charge in [0.15, 0.2) is 11.4 Å². The number of phenols is 1. The molecule has 5 rings (SSSR count). The molecule has 1 saturated carbocycles. The quantitative estimate of drug-likeness (QED) is 0.300. The Balaban J connectivity index is 1.62. The van der Waals surface area contributed by atoms with Crippen LogP contribution in [0.5, 0.6) is 5.75 Å². The summed E-state index contributed by atoms with van der Waals surface area (Å²) < 4.78 is 0. The normalized spacial score (nSPS) is 24.2. The van der Waals surface area contributed by atoms with E-state index in [0.717, 1.165) is 28.8 Å². The maximum absolute atomic E-state index is 13.7. The smallest absolute Gasteiger partial charge is 0.255 e. The first-order valence-electron chi connectivity index (χ1n) is 13.5. The van der Waals surface area contributed by atoms with E-state index in [2.05, 4.69) is 31.3 Å². The molecule has 2 aromatic carbocycles. The molecule has 1 amide bonds. The largest absolute Gasteiger partial charge is 0.508 e. The van der Waals surface area contributed by atoms with Gasteiger partial charge in [-0.15, -0.1) is 0 Å². The van der Waals surface area contributed by atoms with Crippen molar-refractivity contribution < 1.29 is 34.8 Å². The molecule has 3 aliphatic carbocycles. The van der Waals surface area contributed by atoms with E-state index in [-0.39, 0.29) is 36.1 Å². The molecule has 40 heavy (non-hydrogen) atoms. The number of carbonyl (C=O) groups excluding carboxylic acids is 3. The predicted octanol–water partition coefficient (Wildman–Crippen LogP) is 3.14. The van der Waals surface area contributed by atoms with Gasteiger partial charge < -0.3 is 31.5 Å². The second-order valence-corrected chi connectivity index (χ2v) is 11.6. The van der Waals surface area contributed by atoms with Crippen LogP contribution in [0.3, 0.4) is 0 Å². The summed E-state index contributed by atoms with van der Waals surface area (Å²) in [6, 6.07) is 9.40. The van der Waals surface area contributed by atoms with Gasteiger partial charge in [0.25, 0.3) is 5.91 Å². The number of aliphatic hydroxyl groups is 3. The third-order valence-corrected chi connectivity index (χ3v) is 8.42. The number of hydrogen-bond donors (Lipinski definition) is 6. The van der Waals surface area contributed by atoms with E-state index in [4.69, 9.17) is 5.73 Å². The number of Topliss-reactive ketones (excluding diaryl/α,β-unsaturated/α-hetero) is 2. The summed E-state index contributed by atoms with van der Waals surface area (Å²) in [5.74, 6) is -5.85. The van der Waals surface area contributed by atoms with Crippen LogP contribution in [-0.2, 0) is 27.3 Å². The molecule has 0 spiro atoms. The molecule has 210 valence electrons. The fraction of sp³-hybridized carbons (Fsp3) is 0.387. The van der Waals surface area contributed by atoms with Crippen LogP contribution in [-0.4, -0.2) is 50.0 Å². The lowest BCUT2D eigenvalue weighted by Crippen LogP contribution is -2.58. The van der Waals surface area contributed by atoms with Gasteiger partial charge in [-0.25, -0.2) is 0 Å². The lowest BCUT2D eigenvalue weighted by atomic mass is 9.59. The van der Waals surface area contributed by atoms with E-state index >= 15 is 0 Å². The number of benzene rings is 2. The number of aromatic hydroxyl groups is 1. The molecule has 0 radical (unpaired) electrons. The zero-order chi connectivity index (χ0) is 29.1. The highest BCUT2D eigenvalue weighted by molar-refractivity contribution is 6.22. The Hall–Kier alpha value is -3.95. The Morgan fingerprint density at radius 3 is 2.50 bits per heavy atom. The number of aryl methyl sites for hydroxylation is 1. The molecule has 0 bridgehead atoms. The summed E-state index contributed by atoms with van der Waals surface area (Å²) >= 11 is 0. The first-order chi connectivity index (χ1) is 18.9. The summed E-state index contributed by atoms with van der Waals surface area (Å²) in [5.41, 5.74) is 6.27. The molecule has 9 nitrogen and oxygen atoms in total. The summed E-state index contributed by atoms with van der Waals surface area (Å²) in [7, 11) is 0. The molecule has 0 aliphatic heterocycles. The molecule has 0 heterocycles. The number of nitrogens with one attached hydrogen (secondary N) is 1. The second-order valence-electron chi connectivity index (χ2n) is 11.6. The van der Waals surface area contributed by atoms with Crippen molar-refractivity contribution in [1.29, 1.82) is 0 Å². The minimum atomic E-state index is -2.57. The van der Waals surface area contributed by atoms with Crippen molar-refractivity contribution in [2.75, 3.05) is 6.54 Å². The van der Waals surface area contributed by atoms with E-state index in [9.17, 15) is 34.8 Å². The molecular weight excluding hydrogens is 512 g/mol. The van der Waals surface area contributed by atoms with Crippen molar-refractivity contribution in [2.24, 2.45) is 23.5 Å². The lowest BCUT2D eigenvalue weighted by Gasteiger charge is -2.46. The van der Waals surface area contributed by atoms with E-state index in [1.165, 1.54) is 6.07 Å². The highest BCUT2D eigenvalue weighted by Gasteiger charge is 2.60. The standard InChI is InChI=1S/C31H34N2O7/c1-14(2)12-33-13-16-5-4-15(3)20(8-16)19-6-7-22(34)25-21(19)10-17-9-18-11-23(35)26(30(32)39)29(38)31(18,40)28(37)24(17)27(25)36/h4-8,14,17-18,33-34,36,38,40H,9-13H2,1-3H3,(H2,32,39)/t17-,18?,31+/m1/s1. The topological polar surface area (TPSA) is 170 Å². The van der Waals surface area contributed by atoms with Crippen LogP contribution in [0, 0.1) is 24.7 Å². The van der Waals surface area contributed by atoms with Crippen LogP contribution in [0.2, 0.25) is 0 Å².